The van der Waals surface area contributed by atoms with Crippen LogP contribution >= 0.6 is 0 Å². The maximum absolute atomic E-state index is 12.7. The number of piperidine rings is 1. The molecule has 132 valence electrons. The highest BCUT2D eigenvalue weighted by Crippen LogP contribution is 2.32. The fourth-order valence-electron chi connectivity index (χ4n) is 4.05. The summed E-state index contributed by atoms with van der Waals surface area (Å²) in [5.41, 5.74) is 0. The second-order valence-corrected chi connectivity index (χ2v) is 7.69. The molecule has 0 aromatic carbocycles. The Labute approximate surface area is 141 Å². The Morgan fingerprint density at radius 2 is 1.74 bits per heavy atom. The molecule has 1 heterocycles. The van der Waals surface area contributed by atoms with Crippen molar-refractivity contribution in [3.8, 4) is 0 Å². The van der Waals surface area contributed by atoms with Gasteiger partial charge in [-0.2, -0.15) is 0 Å². The summed E-state index contributed by atoms with van der Waals surface area (Å²) < 4.78 is 0. The summed E-state index contributed by atoms with van der Waals surface area (Å²) in [7, 11) is 1.92. The standard InChI is InChI=1S/C19H34N2O2/c1-4-5-12-20(3)18(22)16-8-10-17(11-9-16)19(23)21-13-6-7-15(2)14-21/h15-17H,4-14H2,1-3H3. The molecule has 2 aliphatic rings. The van der Waals surface area contributed by atoms with Crippen LogP contribution in [-0.2, 0) is 9.59 Å². The Bertz CT molecular complexity index is 402. The van der Waals surface area contributed by atoms with E-state index in [0.717, 1.165) is 64.6 Å². The molecular formula is C19H34N2O2. The second kappa shape index (κ2) is 8.70. The average molecular weight is 322 g/mol. The molecule has 1 aliphatic carbocycles. The molecule has 2 fully saturated rings. The monoisotopic (exact) mass is 322 g/mol. The third kappa shape index (κ3) is 4.95. The quantitative estimate of drug-likeness (QED) is 0.779. The third-order valence-corrected chi connectivity index (χ3v) is 5.62. The highest BCUT2D eigenvalue weighted by Gasteiger charge is 2.34. The Balaban J connectivity index is 1.79. The lowest BCUT2D eigenvalue weighted by molar-refractivity contribution is -0.142. The lowest BCUT2D eigenvalue weighted by atomic mass is 9.80. The number of hydrogen-bond acceptors (Lipinski definition) is 2. The molecule has 23 heavy (non-hydrogen) atoms. The van der Waals surface area contributed by atoms with Gasteiger partial charge in [0.1, 0.15) is 0 Å². The van der Waals surface area contributed by atoms with E-state index in [-0.39, 0.29) is 17.7 Å². The first-order chi connectivity index (χ1) is 11.0. The molecule has 2 amide bonds. The van der Waals surface area contributed by atoms with Crippen LogP contribution in [0, 0.1) is 17.8 Å². The minimum Gasteiger partial charge on any atom is -0.346 e. The van der Waals surface area contributed by atoms with E-state index in [1.165, 1.54) is 6.42 Å². The van der Waals surface area contributed by atoms with Crippen LogP contribution in [0.15, 0.2) is 0 Å². The number of likely N-dealkylation sites (tertiary alicyclic amines) is 1. The van der Waals surface area contributed by atoms with Crippen molar-refractivity contribution in [3.63, 3.8) is 0 Å². The second-order valence-electron chi connectivity index (χ2n) is 7.69. The highest BCUT2D eigenvalue weighted by atomic mass is 16.2. The van der Waals surface area contributed by atoms with Crippen LogP contribution in [0.5, 0.6) is 0 Å². The van der Waals surface area contributed by atoms with Crippen molar-refractivity contribution in [1.82, 2.24) is 9.80 Å². The summed E-state index contributed by atoms with van der Waals surface area (Å²) in [4.78, 5) is 29.1. The lowest BCUT2D eigenvalue weighted by Crippen LogP contribution is -2.44. The summed E-state index contributed by atoms with van der Waals surface area (Å²) in [6.45, 7) is 7.11. The maximum atomic E-state index is 12.7. The first kappa shape index (κ1) is 18.3. The molecule has 1 unspecified atom stereocenters. The predicted molar refractivity (Wildman–Crippen MR) is 93.0 cm³/mol. The van der Waals surface area contributed by atoms with Crippen LogP contribution in [-0.4, -0.2) is 48.3 Å². The van der Waals surface area contributed by atoms with Gasteiger partial charge in [0.05, 0.1) is 0 Å². The molecule has 1 saturated carbocycles. The number of carbonyl (C=O) groups is 2. The van der Waals surface area contributed by atoms with E-state index < -0.39 is 0 Å². The van der Waals surface area contributed by atoms with E-state index in [9.17, 15) is 9.59 Å². The highest BCUT2D eigenvalue weighted by molar-refractivity contribution is 5.81. The van der Waals surface area contributed by atoms with Crippen molar-refractivity contribution in [2.45, 2.75) is 65.2 Å². The van der Waals surface area contributed by atoms with Gasteiger partial charge in [-0.3, -0.25) is 9.59 Å². The van der Waals surface area contributed by atoms with E-state index >= 15 is 0 Å². The molecule has 0 aromatic heterocycles. The fourth-order valence-corrected chi connectivity index (χ4v) is 4.05. The molecule has 1 saturated heterocycles. The van der Waals surface area contributed by atoms with Gasteiger partial charge in [0.15, 0.2) is 0 Å². The van der Waals surface area contributed by atoms with Crippen LogP contribution in [0.2, 0.25) is 0 Å². The summed E-state index contributed by atoms with van der Waals surface area (Å²) in [6.07, 6.45) is 8.13. The Hall–Kier alpha value is -1.06. The van der Waals surface area contributed by atoms with Gasteiger partial charge >= 0.3 is 0 Å². The molecule has 1 atom stereocenters. The Morgan fingerprint density at radius 3 is 2.35 bits per heavy atom. The number of nitrogens with zero attached hydrogens (tertiary/aromatic N) is 2. The van der Waals surface area contributed by atoms with E-state index in [0.29, 0.717) is 11.8 Å². The molecule has 4 nitrogen and oxygen atoms in total. The zero-order chi connectivity index (χ0) is 16.8. The van der Waals surface area contributed by atoms with E-state index in [2.05, 4.69) is 18.7 Å². The van der Waals surface area contributed by atoms with Gasteiger partial charge in [-0.1, -0.05) is 20.3 Å². The topological polar surface area (TPSA) is 40.6 Å². The molecular weight excluding hydrogens is 288 g/mol. The summed E-state index contributed by atoms with van der Waals surface area (Å²) in [5.74, 6) is 1.57. The van der Waals surface area contributed by atoms with Crippen LogP contribution < -0.4 is 0 Å². The van der Waals surface area contributed by atoms with Gasteiger partial charge in [-0.25, -0.2) is 0 Å². The molecule has 0 spiro atoms. The van der Waals surface area contributed by atoms with Crippen molar-refractivity contribution < 1.29 is 9.59 Å². The Kier molecular flexibility index (Phi) is 6.91. The van der Waals surface area contributed by atoms with Gasteiger partial charge in [-0.15, -0.1) is 0 Å². The van der Waals surface area contributed by atoms with Crippen molar-refractivity contribution in [3.05, 3.63) is 0 Å². The molecule has 0 N–H and O–H groups in total. The minimum absolute atomic E-state index is 0.140. The third-order valence-electron chi connectivity index (χ3n) is 5.62. The predicted octanol–water partition coefficient (Wildman–Crippen LogP) is 3.31. The zero-order valence-electron chi connectivity index (χ0n) is 15.2. The SMILES string of the molecule is CCCCN(C)C(=O)C1CCC(C(=O)N2CCCC(C)C2)CC1. The Morgan fingerprint density at radius 1 is 1.09 bits per heavy atom. The molecule has 4 heteroatoms. The van der Waals surface area contributed by atoms with Crippen molar-refractivity contribution in [2.75, 3.05) is 26.7 Å². The van der Waals surface area contributed by atoms with Crippen LogP contribution in [0.3, 0.4) is 0 Å². The number of carbonyl (C=O) groups excluding carboxylic acids is 2. The van der Waals surface area contributed by atoms with E-state index in [1.807, 2.05) is 11.9 Å². The van der Waals surface area contributed by atoms with Gasteiger partial charge in [-0.05, 0) is 50.9 Å². The molecule has 1 aliphatic heterocycles. The largest absolute Gasteiger partial charge is 0.346 e. The van der Waals surface area contributed by atoms with Crippen LogP contribution in [0.25, 0.3) is 0 Å². The number of hydrogen-bond donors (Lipinski definition) is 0. The summed E-state index contributed by atoms with van der Waals surface area (Å²) in [5, 5.41) is 0. The van der Waals surface area contributed by atoms with Gasteiger partial charge in [0.25, 0.3) is 0 Å². The van der Waals surface area contributed by atoms with Gasteiger partial charge in [0, 0.05) is 38.5 Å². The van der Waals surface area contributed by atoms with Crippen LogP contribution in [0.4, 0.5) is 0 Å². The smallest absolute Gasteiger partial charge is 0.225 e. The van der Waals surface area contributed by atoms with Crippen molar-refractivity contribution in [1.29, 1.82) is 0 Å². The van der Waals surface area contributed by atoms with Crippen LogP contribution in [0.1, 0.15) is 65.2 Å². The molecule has 2 rings (SSSR count). The number of unbranched alkanes of at least 4 members (excludes halogenated alkanes) is 1. The fraction of sp³-hybridized carbons (Fsp3) is 0.895. The lowest BCUT2D eigenvalue weighted by Gasteiger charge is -2.36. The minimum atomic E-state index is 0.140. The first-order valence-electron chi connectivity index (χ1n) is 9.56. The van der Waals surface area contributed by atoms with Crippen molar-refractivity contribution in [2.24, 2.45) is 17.8 Å². The molecule has 0 aromatic rings. The molecule has 0 radical (unpaired) electrons. The van der Waals surface area contributed by atoms with Crippen molar-refractivity contribution >= 4 is 11.8 Å². The van der Waals surface area contributed by atoms with E-state index in [4.69, 9.17) is 0 Å². The maximum Gasteiger partial charge on any atom is 0.225 e. The average Bonchev–Trinajstić information content (AvgIpc) is 2.58. The summed E-state index contributed by atoms with van der Waals surface area (Å²) in [6, 6.07) is 0. The van der Waals surface area contributed by atoms with Gasteiger partial charge in [0.2, 0.25) is 11.8 Å². The number of amides is 2. The zero-order valence-corrected chi connectivity index (χ0v) is 15.2. The normalized spacial score (nSPS) is 28.5. The van der Waals surface area contributed by atoms with Gasteiger partial charge < -0.3 is 9.80 Å². The molecule has 0 bridgehead atoms. The first-order valence-corrected chi connectivity index (χ1v) is 9.56. The van der Waals surface area contributed by atoms with E-state index in [1.54, 1.807) is 0 Å². The number of rotatable bonds is 5. The summed E-state index contributed by atoms with van der Waals surface area (Å²) >= 11 is 0.